The summed E-state index contributed by atoms with van der Waals surface area (Å²) in [5.74, 6) is 0. The fourth-order valence-corrected chi connectivity index (χ4v) is 2.06. The highest BCUT2D eigenvalue weighted by Gasteiger charge is 1.97. The summed E-state index contributed by atoms with van der Waals surface area (Å²) in [6, 6.07) is 12.5. The summed E-state index contributed by atoms with van der Waals surface area (Å²) in [6.07, 6.45) is 0. The van der Waals surface area contributed by atoms with Gasteiger partial charge in [0.05, 0.1) is 0 Å². The summed E-state index contributed by atoms with van der Waals surface area (Å²) < 4.78 is 2.25. The van der Waals surface area contributed by atoms with Crippen molar-refractivity contribution in [2.75, 3.05) is 0 Å². The summed E-state index contributed by atoms with van der Waals surface area (Å²) in [7, 11) is 0. The molecule has 0 aliphatic rings. The molecule has 2 heteroatoms. The van der Waals surface area contributed by atoms with E-state index in [1.165, 1.54) is 10.8 Å². The summed E-state index contributed by atoms with van der Waals surface area (Å²) in [5.41, 5.74) is 0. The monoisotopic (exact) mass is 284 g/mol. The third-order valence-corrected chi connectivity index (χ3v) is 2.98. The molecule has 0 amide bonds. The fraction of sp³-hybridized carbons (Fsp3) is 0. The summed E-state index contributed by atoms with van der Waals surface area (Å²) in [4.78, 5) is 0. The minimum absolute atomic E-state index is 1.11. The second-order valence-corrected chi connectivity index (χ2v) is 4.38. The Morgan fingerprint density at radius 3 is 2.58 bits per heavy atom. The number of rotatable bonds is 0. The lowest BCUT2D eigenvalue weighted by Gasteiger charge is -1.99. The van der Waals surface area contributed by atoms with E-state index in [1.807, 2.05) is 6.07 Å². The van der Waals surface area contributed by atoms with Gasteiger partial charge in [-0.05, 0) is 29.0 Å². The van der Waals surface area contributed by atoms with Crippen LogP contribution in [0.25, 0.3) is 10.8 Å². The van der Waals surface area contributed by atoms with Crippen molar-refractivity contribution >= 4 is 42.6 Å². The van der Waals surface area contributed by atoms with Crippen LogP contribution in [0.15, 0.2) is 45.3 Å². The van der Waals surface area contributed by atoms with Gasteiger partial charge in [-0.1, -0.05) is 50.1 Å². The first-order chi connectivity index (χ1) is 5.77. The molecule has 0 bridgehead atoms. The highest BCUT2D eigenvalue weighted by atomic mass is 79.9. The van der Waals surface area contributed by atoms with Gasteiger partial charge in [0.1, 0.15) is 0 Å². The molecule has 0 N–H and O–H groups in total. The molecule has 0 aromatic heterocycles. The average Bonchev–Trinajstić information content (AvgIpc) is 2.07. The maximum Gasteiger partial charge on any atom is 0.0254 e. The van der Waals surface area contributed by atoms with Crippen molar-refractivity contribution in [3.63, 3.8) is 0 Å². The first-order valence-electron chi connectivity index (χ1n) is 3.61. The Morgan fingerprint density at radius 1 is 0.917 bits per heavy atom. The van der Waals surface area contributed by atoms with Crippen LogP contribution >= 0.6 is 31.9 Å². The van der Waals surface area contributed by atoms with Crippen LogP contribution < -0.4 is 0 Å². The van der Waals surface area contributed by atoms with Crippen molar-refractivity contribution in [2.45, 2.75) is 0 Å². The van der Waals surface area contributed by atoms with Crippen LogP contribution in [0.1, 0.15) is 0 Å². The zero-order chi connectivity index (χ0) is 8.55. The van der Waals surface area contributed by atoms with Gasteiger partial charge in [0.2, 0.25) is 0 Å². The first kappa shape index (κ1) is 8.27. The van der Waals surface area contributed by atoms with Crippen LogP contribution in [-0.4, -0.2) is 0 Å². The molecule has 2 aromatic rings. The van der Waals surface area contributed by atoms with E-state index in [2.05, 4.69) is 62.2 Å². The number of halogens is 2. The van der Waals surface area contributed by atoms with Crippen molar-refractivity contribution in [1.29, 1.82) is 0 Å². The topological polar surface area (TPSA) is 0 Å². The molecule has 0 atom stereocenters. The summed E-state index contributed by atoms with van der Waals surface area (Å²) in [6.45, 7) is 0. The van der Waals surface area contributed by atoms with Gasteiger partial charge in [-0.15, -0.1) is 0 Å². The highest BCUT2D eigenvalue weighted by Crippen LogP contribution is 2.26. The van der Waals surface area contributed by atoms with Gasteiger partial charge in [0, 0.05) is 8.95 Å². The zero-order valence-corrected chi connectivity index (χ0v) is 9.39. The molecule has 0 saturated carbocycles. The predicted octanol–water partition coefficient (Wildman–Crippen LogP) is 4.36. The van der Waals surface area contributed by atoms with E-state index in [-0.39, 0.29) is 0 Å². The van der Waals surface area contributed by atoms with Crippen LogP contribution in [0, 0.1) is 0 Å². The van der Waals surface area contributed by atoms with Crippen LogP contribution in [0.2, 0.25) is 0 Å². The van der Waals surface area contributed by atoms with Gasteiger partial charge in [-0.2, -0.15) is 0 Å². The quantitative estimate of drug-likeness (QED) is 0.674. The Kier molecular flexibility index (Phi) is 2.20. The molecule has 0 radical (unpaired) electrons. The SMILES string of the molecule is Brc1ccc2cccc(Br)c2c1. The molecule has 2 rings (SSSR count). The Balaban J connectivity index is 2.88. The van der Waals surface area contributed by atoms with Crippen molar-refractivity contribution in [1.82, 2.24) is 0 Å². The highest BCUT2D eigenvalue weighted by molar-refractivity contribution is 9.11. The van der Waals surface area contributed by atoms with Crippen LogP contribution in [-0.2, 0) is 0 Å². The molecule has 0 spiro atoms. The summed E-state index contributed by atoms with van der Waals surface area (Å²) >= 11 is 6.96. The molecule has 0 nitrogen and oxygen atoms in total. The van der Waals surface area contributed by atoms with Crippen LogP contribution in [0.3, 0.4) is 0 Å². The van der Waals surface area contributed by atoms with Crippen molar-refractivity contribution in [2.24, 2.45) is 0 Å². The molecular weight excluding hydrogens is 280 g/mol. The predicted molar refractivity (Wildman–Crippen MR) is 59.3 cm³/mol. The normalized spacial score (nSPS) is 10.5. The van der Waals surface area contributed by atoms with Gasteiger partial charge in [0.25, 0.3) is 0 Å². The lowest BCUT2D eigenvalue weighted by molar-refractivity contribution is 1.67. The third kappa shape index (κ3) is 1.41. The van der Waals surface area contributed by atoms with E-state index in [1.54, 1.807) is 0 Å². The minimum atomic E-state index is 1.11. The minimum Gasteiger partial charge on any atom is -0.0605 e. The lowest BCUT2D eigenvalue weighted by atomic mass is 10.1. The molecule has 0 saturated heterocycles. The molecule has 60 valence electrons. The first-order valence-corrected chi connectivity index (χ1v) is 5.20. The van der Waals surface area contributed by atoms with E-state index in [0.29, 0.717) is 0 Å². The fourth-order valence-electron chi connectivity index (χ4n) is 1.21. The molecule has 12 heavy (non-hydrogen) atoms. The molecule has 0 unspecified atom stereocenters. The van der Waals surface area contributed by atoms with Crippen molar-refractivity contribution < 1.29 is 0 Å². The Bertz CT molecular complexity index is 421. The van der Waals surface area contributed by atoms with Gasteiger partial charge >= 0.3 is 0 Å². The Morgan fingerprint density at radius 2 is 1.75 bits per heavy atom. The smallest absolute Gasteiger partial charge is 0.0254 e. The number of fused-ring (bicyclic) bond motifs is 1. The lowest BCUT2D eigenvalue weighted by Crippen LogP contribution is -1.73. The number of hydrogen-bond donors (Lipinski definition) is 0. The van der Waals surface area contributed by atoms with Gasteiger partial charge in [-0.3, -0.25) is 0 Å². The standard InChI is InChI=1S/C10H6Br2/c11-8-5-4-7-2-1-3-10(12)9(7)6-8/h1-6H. The molecule has 0 aliphatic heterocycles. The van der Waals surface area contributed by atoms with E-state index < -0.39 is 0 Å². The van der Waals surface area contributed by atoms with E-state index in [4.69, 9.17) is 0 Å². The Hall–Kier alpha value is -0.340. The molecule has 0 aliphatic carbocycles. The van der Waals surface area contributed by atoms with Crippen molar-refractivity contribution in [3.8, 4) is 0 Å². The van der Waals surface area contributed by atoms with Gasteiger partial charge in [-0.25, -0.2) is 0 Å². The largest absolute Gasteiger partial charge is 0.0605 e. The maximum absolute atomic E-state index is 3.51. The second-order valence-electron chi connectivity index (χ2n) is 2.61. The molecule has 0 heterocycles. The van der Waals surface area contributed by atoms with Gasteiger partial charge in [0.15, 0.2) is 0 Å². The molecule has 0 fully saturated rings. The van der Waals surface area contributed by atoms with Crippen LogP contribution in [0.4, 0.5) is 0 Å². The van der Waals surface area contributed by atoms with Crippen LogP contribution in [0.5, 0.6) is 0 Å². The van der Waals surface area contributed by atoms with Crippen molar-refractivity contribution in [3.05, 3.63) is 45.3 Å². The van der Waals surface area contributed by atoms with E-state index >= 15 is 0 Å². The Labute approximate surface area is 87.8 Å². The van der Waals surface area contributed by atoms with E-state index in [0.717, 1.165) is 8.95 Å². The third-order valence-electron chi connectivity index (χ3n) is 1.79. The zero-order valence-electron chi connectivity index (χ0n) is 6.22. The molecule has 2 aromatic carbocycles. The van der Waals surface area contributed by atoms with E-state index in [9.17, 15) is 0 Å². The number of hydrogen-bond acceptors (Lipinski definition) is 0. The number of benzene rings is 2. The maximum atomic E-state index is 3.51. The van der Waals surface area contributed by atoms with Gasteiger partial charge < -0.3 is 0 Å². The second kappa shape index (κ2) is 3.19. The molecular formula is C10H6Br2. The average molecular weight is 286 g/mol. The summed E-state index contributed by atoms with van der Waals surface area (Å²) in [5, 5.41) is 2.50.